The normalized spacial score (nSPS) is 11.6. The standard InChI is InChI=1S/C11H9F3N4O2/c12-11(13,14)8-3-1-7(2-4-8)6-17-10(15)9(5-16-17)18(19)20/h1-5H,6,15H2. The molecular weight excluding hydrogens is 277 g/mol. The minimum Gasteiger partial charge on any atom is -0.378 e. The molecule has 0 bridgehead atoms. The Morgan fingerprint density at radius 1 is 1.30 bits per heavy atom. The molecule has 1 aromatic carbocycles. The fourth-order valence-electron chi connectivity index (χ4n) is 1.62. The van der Waals surface area contributed by atoms with E-state index in [-0.39, 0.29) is 18.1 Å². The smallest absolute Gasteiger partial charge is 0.378 e. The number of halogens is 3. The summed E-state index contributed by atoms with van der Waals surface area (Å²) < 4.78 is 38.3. The molecule has 0 radical (unpaired) electrons. The Morgan fingerprint density at radius 3 is 2.35 bits per heavy atom. The van der Waals surface area contributed by atoms with E-state index in [1.165, 1.54) is 12.1 Å². The van der Waals surface area contributed by atoms with E-state index in [0.29, 0.717) is 5.56 Å². The van der Waals surface area contributed by atoms with Crippen LogP contribution in [0.5, 0.6) is 0 Å². The van der Waals surface area contributed by atoms with Crippen molar-refractivity contribution in [1.29, 1.82) is 0 Å². The van der Waals surface area contributed by atoms with Crippen molar-refractivity contribution < 1.29 is 18.1 Å². The second-order valence-corrected chi connectivity index (χ2v) is 4.02. The number of anilines is 1. The summed E-state index contributed by atoms with van der Waals surface area (Å²) in [5, 5.41) is 14.3. The lowest BCUT2D eigenvalue weighted by atomic mass is 10.1. The molecule has 0 amide bonds. The summed E-state index contributed by atoms with van der Waals surface area (Å²) in [5.41, 5.74) is 4.93. The quantitative estimate of drug-likeness (QED) is 0.693. The van der Waals surface area contributed by atoms with E-state index in [1.807, 2.05) is 0 Å². The van der Waals surface area contributed by atoms with Crippen molar-refractivity contribution in [3.8, 4) is 0 Å². The van der Waals surface area contributed by atoms with E-state index in [2.05, 4.69) is 5.10 Å². The molecule has 2 N–H and O–H groups in total. The van der Waals surface area contributed by atoms with Gasteiger partial charge in [0.15, 0.2) is 0 Å². The predicted octanol–water partition coefficient (Wildman–Crippen LogP) is 2.44. The molecule has 0 saturated carbocycles. The first-order chi connectivity index (χ1) is 9.29. The Balaban J connectivity index is 2.21. The Morgan fingerprint density at radius 2 is 1.90 bits per heavy atom. The van der Waals surface area contributed by atoms with Gasteiger partial charge in [0.1, 0.15) is 6.20 Å². The van der Waals surface area contributed by atoms with Crippen LogP contribution >= 0.6 is 0 Å². The summed E-state index contributed by atoms with van der Waals surface area (Å²) in [7, 11) is 0. The van der Waals surface area contributed by atoms with Crippen LogP contribution in [0.25, 0.3) is 0 Å². The van der Waals surface area contributed by atoms with Gasteiger partial charge in [-0.25, -0.2) is 4.68 Å². The molecule has 1 heterocycles. The molecular formula is C11H9F3N4O2. The number of rotatable bonds is 3. The van der Waals surface area contributed by atoms with Crippen molar-refractivity contribution in [3.63, 3.8) is 0 Å². The van der Waals surface area contributed by atoms with E-state index >= 15 is 0 Å². The average molecular weight is 286 g/mol. The first-order valence-corrected chi connectivity index (χ1v) is 5.41. The van der Waals surface area contributed by atoms with Gasteiger partial charge in [0, 0.05) is 0 Å². The van der Waals surface area contributed by atoms with Crippen LogP contribution in [0.2, 0.25) is 0 Å². The highest BCUT2D eigenvalue weighted by Gasteiger charge is 2.30. The van der Waals surface area contributed by atoms with Crippen molar-refractivity contribution in [2.45, 2.75) is 12.7 Å². The second kappa shape index (κ2) is 4.83. The number of nitrogens with zero attached hydrogens (tertiary/aromatic N) is 3. The van der Waals surface area contributed by atoms with E-state index in [0.717, 1.165) is 23.0 Å². The van der Waals surface area contributed by atoms with Crippen molar-refractivity contribution in [3.05, 3.63) is 51.7 Å². The maximum Gasteiger partial charge on any atom is 0.416 e. The largest absolute Gasteiger partial charge is 0.416 e. The molecule has 0 fully saturated rings. The summed E-state index contributed by atoms with van der Waals surface area (Å²) in [5.74, 6) is -0.144. The molecule has 0 aliphatic heterocycles. The van der Waals surface area contributed by atoms with Gasteiger partial charge in [-0.15, -0.1) is 0 Å². The van der Waals surface area contributed by atoms with E-state index in [4.69, 9.17) is 5.73 Å². The minimum absolute atomic E-state index is 0.0534. The third-order valence-corrected chi connectivity index (χ3v) is 2.67. The monoisotopic (exact) mass is 286 g/mol. The molecule has 1 aromatic heterocycles. The molecule has 2 rings (SSSR count). The molecule has 0 unspecified atom stereocenters. The van der Waals surface area contributed by atoms with Gasteiger partial charge in [0.05, 0.1) is 17.0 Å². The van der Waals surface area contributed by atoms with E-state index in [1.54, 1.807) is 0 Å². The zero-order valence-electron chi connectivity index (χ0n) is 9.96. The van der Waals surface area contributed by atoms with Crippen LogP contribution in [0.1, 0.15) is 11.1 Å². The van der Waals surface area contributed by atoms with Crippen LogP contribution in [0.3, 0.4) is 0 Å². The fourth-order valence-corrected chi connectivity index (χ4v) is 1.62. The molecule has 20 heavy (non-hydrogen) atoms. The van der Waals surface area contributed by atoms with E-state index < -0.39 is 16.7 Å². The molecule has 0 atom stereocenters. The topological polar surface area (TPSA) is 87.0 Å². The maximum absolute atomic E-state index is 12.4. The highest BCUT2D eigenvalue weighted by Crippen LogP contribution is 2.29. The first-order valence-electron chi connectivity index (χ1n) is 5.41. The number of aromatic nitrogens is 2. The summed E-state index contributed by atoms with van der Waals surface area (Å²) in [6.45, 7) is 0.0534. The Hall–Kier alpha value is -2.58. The summed E-state index contributed by atoms with van der Waals surface area (Å²) >= 11 is 0. The summed E-state index contributed by atoms with van der Waals surface area (Å²) in [6, 6.07) is 4.42. The molecule has 2 aromatic rings. The maximum atomic E-state index is 12.4. The Kier molecular flexibility index (Phi) is 3.35. The van der Waals surface area contributed by atoms with Gasteiger partial charge in [0.25, 0.3) is 0 Å². The van der Waals surface area contributed by atoms with Gasteiger partial charge in [0.2, 0.25) is 5.82 Å². The zero-order valence-corrected chi connectivity index (χ0v) is 9.96. The lowest BCUT2D eigenvalue weighted by Crippen LogP contribution is -2.08. The highest BCUT2D eigenvalue weighted by molar-refractivity contribution is 5.51. The molecule has 0 saturated heterocycles. The van der Waals surface area contributed by atoms with Crippen LogP contribution in [-0.2, 0) is 12.7 Å². The highest BCUT2D eigenvalue weighted by atomic mass is 19.4. The van der Waals surface area contributed by atoms with Crippen molar-refractivity contribution in [2.24, 2.45) is 0 Å². The zero-order chi connectivity index (χ0) is 14.9. The van der Waals surface area contributed by atoms with Crippen LogP contribution in [0.15, 0.2) is 30.5 Å². The van der Waals surface area contributed by atoms with Crippen molar-refractivity contribution in [1.82, 2.24) is 9.78 Å². The van der Waals surface area contributed by atoms with Gasteiger partial charge in [-0.05, 0) is 17.7 Å². The van der Waals surface area contributed by atoms with Crippen molar-refractivity contribution >= 4 is 11.5 Å². The third-order valence-electron chi connectivity index (χ3n) is 2.67. The SMILES string of the molecule is Nc1c([N+](=O)[O-])cnn1Cc1ccc(C(F)(F)F)cc1. The molecule has 0 spiro atoms. The van der Waals surface area contributed by atoms with Gasteiger partial charge in [-0.2, -0.15) is 18.3 Å². The van der Waals surface area contributed by atoms with Gasteiger partial charge >= 0.3 is 11.9 Å². The first kappa shape index (κ1) is 13.8. The number of nitrogens with two attached hydrogens (primary N) is 1. The minimum atomic E-state index is -4.40. The predicted molar refractivity (Wildman–Crippen MR) is 63.8 cm³/mol. The number of hydrogen-bond acceptors (Lipinski definition) is 4. The lowest BCUT2D eigenvalue weighted by molar-refractivity contribution is -0.384. The number of benzene rings is 1. The number of alkyl halides is 3. The summed E-state index contributed by atoms with van der Waals surface area (Å²) in [6.07, 6.45) is -3.40. The number of nitrogen functional groups attached to an aromatic ring is 1. The van der Waals surface area contributed by atoms with Crippen molar-refractivity contribution in [2.75, 3.05) is 5.73 Å². The Labute approximate surface area is 110 Å². The van der Waals surface area contributed by atoms with Crippen LogP contribution in [0, 0.1) is 10.1 Å². The Bertz CT molecular complexity index is 634. The lowest BCUT2D eigenvalue weighted by Gasteiger charge is -2.08. The van der Waals surface area contributed by atoms with Crippen LogP contribution in [-0.4, -0.2) is 14.7 Å². The third kappa shape index (κ3) is 2.71. The van der Waals surface area contributed by atoms with Gasteiger partial charge in [-0.1, -0.05) is 12.1 Å². The van der Waals surface area contributed by atoms with Gasteiger partial charge in [-0.3, -0.25) is 10.1 Å². The number of nitro groups is 1. The van der Waals surface area contributed by atoms with Crippen LogP contribution in [0.4, 0.5) is 24.7 Å². The molecule has 9 heteroatoms. The van der Waals surface area contributed by atoms with Gasteiger partial charge < -0.3 is 5.73 Å². The second-order valence-electron chi connectivity index (χ2n) is 4.02. The number of hydrogen-bond donors (Lipinski definition) is 1. The molecule has 0 aliphatic carbocycles. The summed E-state index contributed by atoms with van der Waals surface area (Å²) in [4.78, 5) is 9.91. The average Bonchev–Trinajstić information content (AvgIpc) is 2.71. The molecule has 6 nitrogen and oxygen atoms in total. The fraction of sp³-hybridized carbons (Fsp3) is 0.182. The molecule has 0 aliphatic rings. The van der Waals surface area contributed by atoms with Crippen LogP contribution < -0.4 is 5.73 Å². The molecule has 106 valence electrons. The van der Waals surface area contributed by atoms with E-state index in [9.17, 15) is 23.3 Å².